The first-order valence-electron chi connectivity index (χ1n) is 7.57. The quantitative estimate of drug-likeness (QED) is 0.872. The van der Waals surface area contributed by atoms with Gasteiger partial charge in [0.15, 0.2) is 0 Å². The van der Waals surface area contributed by atoms with E-state index < -0.39 is 0 Å². The molecule has 0 spiro atoms. The van der Waals surface area contributed by atoms with E-state index in [-0.39, 0.29) is 18.4 Å². The molecule has 0 aliphatic carbocycles. The van der Waals surface area contributed by atoms with E-state index in [1.165, 1.54) is 6.92 Å². The summed E-state index contributed by atoms with van der Waals surface area (Å²) in [5, 5.41) is 6.54. The van der Waals surface area contributed by atoms with Crippen molar-refractivity contribution in [2.24, 2.45) is 5.92 Å². The van der Waals surface area contributed by atoms with Crippen LogP contribution in [-0.2, 0) is 9.59 Å². The topological polar surface area (TPSA) is 61.4 Å². The van der Waals surface area contributed by atoms with E-state index in [1.807, 2.05) is 23.1 Å². The minimum Gasteiger partial charge on any atom is -0.375 e. The van der Waals surface area contributed by atoms with Crippen molar-refractivity contribution in [1.29, 1.82) is 0 Å². The van der Waals surface area contributed by atoms with Gasteiger partial charge in [0, 0.05) is 26.6 Å². The second-order valence-electron chi connectivity index (χ2n) is 5.59. The molecule has 1 aromatic carbocycles. The van der Waals surface area contributed by atoms with Crippen molar-refractivity contribution in [1.82, 2.24) is 10.2 Å². The molecular weight excluding hydrogens is 302 g/mol. The number of piperidine rings is 1. The number of nitrogens with one attached hydrogen (secondary N) is 2. The lowest BCUT2D eigenvalue weighted by Gasteiger charge is -2.32. The van der Waals surface area contributed by atoms with Crippen molar-refractivity contribution in [2.45, 2.75) is 19.8 Å². The van der Waals surface area contributed by atoms with Gasteiger partial charge in [-0.2, -0.15) is 0 Å². The summed E-state index contributed by atoms with van der Waals surface area (Å²) >= 11 is 6.05. The van der Waals surface area contributed by atoms with Gasteiger partial charge in [-0.3, -0.25) is 9.59 Å². The molecule has 120 valence electrons. The third-order valence-electron chi connectivity index (χ3n) is 3.91. The van der Waals surface area contributed by atoms with E-state index in [0.29, 0.717) is 17.5 Å². The Morgan fingerprint density at radius 1 is 1.27 bits per heavy atom. The SMILES string of the molecule is CC(=O)NCC1CCN(C(=O)CNc2ccccc2Cl)CC1. The maximum atomic E-state index is 12.2. The van der Waals surface area contributed by atoms with Gasteiger partial charge < -0.3 is 15.5 Å². The van der Waals surface area contributed by atoms with Crippen LogP contribution in [0.3, 0.4) is 0 Å². The third kappa shape index (κ3) is 4.91. The molecule has 5 nitrogen and oxygen atoms in total. The Hall–Kier alpha value is -1.75. The zero-order valence-electron chi connectivity index (χ0n) is 12.8. The first-order chi connectivity index (χ1) is 10.6. The molecule has 2 amide bonds. The summed E-state index contributed by atoms with van der Waals surface area (Å²) in [7, 11) is 0. The van der Waals surface area contributed by atoms with Gasteiger partial charge in [0.05, 0.1) is 17.3 Å². The molecule has 1 aliphatic rings. The number of carbonyl (C=O) groups is 2. The van der Waals surface area contributed by atoms with Crippen LogP contribution < -0.4 is 10.6 Å². The van der Waals surface area contributed by atoms with Crippen molar-refractivity contribution in [3.05, 3.63) is 29.3 Å². The maximum absolute atomic E-state index is 12.2. The third-order valence-corrected chi connectivity index (χ3v) is 4.24. The lowest BCUT2D eigenvalue weighted by Crippen LogP contribution is -2.43. The van der Waals surface area contributed by atoms with Crippen molar-refractivity contribution in [3.8, 4) is 0 Å². The van der Waals surface area contributed by atoms with E-state index in [4.69, 9.17) is 11.6 Å². The second kappa shape index (κ2) is 8.03. The number of halogens is 1. The number of likely N-dealkylation sites (tertiary alicyclic amines) is 1. The largest absolute Gasteiger partial charge is 0.375 e. The predicted octanol–water partition coefficient (Wildman–Crippen LogP) is 2.13. The number of amides is 2. The van der Waals surface area contributed by atoms with Gasteiger partial charge in [-0.05, 0) is 30.9 Å². The van der Waals surface area contributed by atoms with Crippen LogP contribution in [0.2, 0.25) is 5.02 Å². The molecule has 1 fully saturated rings. The summed E-state index contributed by atoms with van der Waals surface area (Å²) in [6, 6.07) is 7.39. The summed E-state index contributed by atoms with van der Waals surface area (Å²) in [5.41, 5.74) is 0.776. The smallest absolute Gasteiger partial charge is 0.241 e. The van der Waals surface area contributed by atoms with Gasteiger partial charge in [-0.15, -0.1) is 0 Å². The highest BCUT2D eigenvalue weighted by Gasteiger charge is 2.22. The number of hydrogen-bond donors (Lipinski definition) is 2. The molecule has 1 aliphatic heterocycles. The van der Waals surface area contributed by atoms with Gasteiger partial charge in [-0.25, -0.2) is 0 Å². The fourth-order valence-electron chi connectivity index (χ4n) is 2.56. The molecule has 0 bridgehead atoms. The molecule has 0 aromatic heterocycles. The molecule has 1 heterocycles. The van der Waals surface area contributed by atoms with Gasteiger partial charge in [0.25, 0.3) is 0 Å². The number of para-hydroxylation sites is 1. The molecule has 6 heteroatoms. The van der Waals surface area contributed by atoms with E-state index in [2.05, 4.69) is 10.6 Å². The summed E-state index contributed by atoms with van der Waals surface area (Å²) < 4.78 is 0. The summed E-state index contributed by atoms with van der Waals surface area (Å²) in [6.45, 7) is 3.97. The van der Waals surface area contributed by atoms with Crippen LogP contribution in [0, 0.1) is 5.92 Å². The maximum Gasteiger partial charge on any atom is 0.241 e. The molecule has 0 unspecified atom stereocenters. The summed E-state index contributed by atoms with van der Waals surface area (Å²) in [4.78, 5) is 25.0. The van der Waals surface area contributed by atoms with Crippen LogP contribution in [0.4, 0.5) is 5.69 Å². The van der Waals surface area contributed by atoms with Gasteiger partial charge in [0.2, 0.25) is 11.8 Å². The molecule has 0 radical (unpaired) electrons. The number of carbonyl (C=O) groups excluding carboxylic acids is 2. The van der Waals surface area contributed by atoms with Crippen LogP contribution in [0.15, 0.2) is 24.3 Å². The number of anilines is 1. The standard InChI is InChI=1S/C16H22ClN3O2/c1-12(21)18-10-13-6-8-20(9-7-13)16(22)11-19-15-5-3-2-4-14(15)17/h2-5,13,19H,6-11H2,1H3,(H,18,21). The molecule has 22 heavy (non-hydrogen) atoms. The van der Waals surface area contributed by atoms with Crippen LogP contribution in [0.25, 0.3) is 0 Å². The zero-order valence-corrected chi connectivity index (χ0v) is 13.5. The van der Waals surface area contributed by atoms with Crippen molar-refractivity contribution >= 4 is 29.1 Å². The molecule has 0 saturated carbocycles. The fraction of sp³-hybridized carbons (Fsp3) is 0.500. The minimum atomic E-state index is 0.00226. The van der Waals surface area contributed by atoms with Crippen LogP contribution in [-0.4, -0.2) is 42.9 Å². The highest BCUT2D eigenvalue weighted by Crippen LogP contribution is 2.21. The second-order valence-corrected chi connectivity index (χ2v) is 6.00. The normalized spacial score (nSPS) is 15.5. The lowest BCUT2D eigenvalue weighted by atomic mass is 9.96. The molecule has 2 rings (SSSR count). The van der Waals surface area contributed by atoms with Crippen LogP contribution in [0.5, 0.6) is 0 Å². The highest BCUT2D eigenvalue weighted by atomic mass is 35.5. The van der Waals surface area contributed by atoms with E-state index in [1.54, 1.807) is 6.07 Å². The highest BCUT2D eigenvalue weighted by molar-refractivity contribution is 6.33. The Labute approximate surface area is 136 Å². The van der Waals surface area contributed by atoms with Crippen LogP contribution in [0.1, 0.15) is 19.8 Å². The number of rotatable bonds is 5. The molecule has 1 saturated heterocycles. The molecule has 0 atom stereocenters. The first kappa shape index (κ1) is 16.6. The minimum absolute atomic E-state index is 0.00226. The van der Waals surface area contributed by atoms with E-state index in [9.17, 15) is 9.59 Å². The Morgan fingerprint density at radius 3 is 2.59 bits per heavy atom. The Morgan fingerprint density at radius 2 is 1.95 bits per heavy atom. The lowest BCUT2D eigenvalue weighted by molar-refractivity contribution is -0.130. The fourth-order valence-corrected chi connectivity index (χ4v) is 2.76. The van der Waals surface area contributed by atoms with E-state index in [0.717, 1.165) is 31.6 Å². The molecule has 1 aromatic rings. The first-order valence-corrected chi connectivity index (χ1v) is 7.94. The van der Waals surface area contributed by atoms with Crippen molar-refractivity contribution in [2.75, 3.05) is 31.5 Å². The molecular formula is C16H22ClN3O2. The average molecular weight is 324 g/mol. The average Bonchev–Trinajstić information content (AvgIpc) is 2.52. The number of benzene rings is 1. The monoisotopic (exact) mass is 323 g/mol. The zero-order chi connectivity index (χ0) is 15.9. The molecule has 2 N–H and O–H groups in total. The van der Waals surface area contributed by atoms with E-state index >= 15 is 0 Å². The Balaban J connectivity index is 1.73. The predicted molar refractivity (Wildman–Crippen MR) is 87.9 cm³/mol. The number of nitrogens with zero attached hydrogens (tertiary/aromatic N) is 1. The number of hydrogen-bond acceptors (Lipinski definition) is 3. The summed E-state index contributed by atoms with van der Waals surface area (Å²) in [6.07, 6.45) is 1.86. The van der Waals surface area contributed by atoms with Crippen molar-refractivity contribution < 1.29 is 9.59 Å². The Kier molecular flexibility index (Phi) is 6.07. The summed E-state index contributed by atoms with van der Waals surface area (Å²) in [5.74, 6) is 0.546. The van der Waals surface area contributed by atoms with Gasteiger partial charge in [-0.1, -0.05) is 23.7 Å². The van der Waals surface area contributed by atoms with Gasteiger partial charge >= 0.3 is 0 Å². The van der Waals surface area contributed by atoms with Crippen molar-refractivity contribution in [3.63, 3.8) is 0 Å². The Bertz CT molecular complexity index is 528. The van der Waals surface area contributed by atoms with Gasteiger partial charge in [0.1, 0.15) is 0 Å². The van der Waals surface area contributed by atoms with Crippen LogP contribution >= 0.6 is 11.6 Å².